The van der Waals surface area contributed by atoms with Gasteiger partial charge in [-0.2, -0.15) is 0 Å². The SMILES string of the molecule is Cc1c(Cl)cccc1N=C1NC(=O)/C(=C\c2cc(Br)c(OCc3ccc(C(=O)O)cc3)c(Br)c2)S1. The second-order valence-electron chi connectivity index (χ2n) is 7.47. The third kappa shape index (κ3) is 6.16. The van der Waals surface area contributed by atoms with Crippen molar-refractivity contribution in [2.75, 3.05) is 0 Å². The summed E-state index contributed by atoms with van der Waals surface area (Å²) >= 11 is 14.5. The minimum atomic E-state index is -0.972. The zero-order chi connectivity index (χ0) is 25.1. The molecule has 10 heteroatoms. The number of carbonyl (C=O) groups is 2. The van der Waals surface area contributed by atoms with Crippen LogP contribution in [0, 0.1) is 6.92 Å². The molecule has 0 aromatic heterocycles. The summed E-state index contributed by atoms with van der Waals surface area (Å²) in [5, 5.41) is 12.9. The summed E-state index contributed by atoms with van der Waals surface area (Å²) in [4.78, 5) is 28.5. The molecular weight excluding hydrogens is 620 g/mol. The summed E-state index contributed by atoms with van der Waals surface area (Å²) in [5.41, 5.74) is 3.39. The molecule has 0 atom stereocenters. The van der Waals surface area contributed by atoms with Gasteiger partial charge < -0.3 is 15.2 Å². The topological polar surface area (TPSA) is 88.0 Å². The Bertz CT molecular complexity index is 1370. The fourth-order valence-corrected chi connectivity index (χ4v) is 5.61. The van der Waals surface area contributed by atoms with E-state index in [9.17, 15) is 9.59 Å². The fraction of sp³-hybridized carbons (Fsp3) is 0.0800. The molecule has 1 fully saturated rings. The van der Waals surface area contributed by atoms with E-state index in [1.54, 1.807) is 24.3 Å². The molecule has 0 bridgehead atoms. The van der Waals surface area contributed by atoms with E-state index in [1.165, 1.54) is 23.9 Å². The van der Waals surface area contributed by atoms with Gasteiger partial charge in [-0.15, -0.1) is 0 Å². The molecule has 0 saturated carbocycles. The number of hydrogen-bond donors (Lipinski definition) is 2. The van der Waals surface area contributed by atoms with Crippen LogP contribution in [0.15, 0.2) is 73.4 Å². The zero-order valence-corrected chi connectivity index (χ0v) is 22.9. The van der Waals surface area contributed by atoms with Gasteiger partial charge in [0.2, 0.25) is 0 Å². The highest BCUT2D eigenvalue weighted by Gasteiger charge is 2.24. The molecule has 0 spiro atoms. The van der Waals surface area contributed by atoms with Crippen molar-refractivity contribution in [1.82, 2.24) is 5.32 Å². The molecule has 35 heavy (non-hydrogen) atoms. The Morgan fingerprint density at radius 1 is 1.17 bits per heavy atom. The maximum atomic E-state index is 12.5. The lowest BCUT2D eigenvalue weighted by Crippen LogP contribution is -2.19. The Labute approximate surface area is 227 Å². The van der Waals surface area contributed by atoms with Gasteiger partial charge in [0.25, 0.3) is 5.91 Å². The Kier molecular flexibility index (Phi) is 8.01. The normalized spacial score (nSPS) is 15.5. The largest absolute Gasteiger partial charge is 0.487 e. The van der Waals surface area contributed by atoms with Crippen LogP contribution in [0.2, 0.25) is 5.02 Å². The number of ether oxygens (including phenoxy) is 1. The van der Waals surface area contributed by atoms with E-state index in [0.29, 0.717) is 35.5 Å². The quantitative estimate of drug-likeness (QED) is 0.277. The molecule has 6 nitrogen and oxygen atoms in total. The average molecular weight is 637 g/mol. The van der Waals surface area contributed by atoms with Crippen molar-refractivity contribution >= 4 is 84.0 Å². The van der Waals surface area contributed by atoms with Gasteiger partial charge in [0.05, 0.1) is 25.1 Å². The van der Waals surface area contributed by atoms with E-state index < -0.39 is 5.97 Å². The molecule has 1 aliphatic rings. The van der Waals surface area contributed by atoms with Crippen LogP contribution >= 0.6 is 55.2 Å². The first kappa shape index (κ1) is 25.5. The number of rotatable bonds is 6. The zero-order valence-electron chi connectivity index (χ0n) is 18.1. The van der Waals surface area contributed by atoms with Crippen LogP contribution in [0.1, 0.15) is 27.0 Å². The number of aliphatic imine (C=N–C) groups is 1. The Hall–Kier alpha value is -2.59. The number of amidine groups is 1. The molecule has 2 N–H and O–H groups in total. The number of carbonyl (C=O) groups excluding carboxylic acids is 1. The maximum Gasteiger partial charge on any atom is 0.335 e. The van der Waals surface area contributed by atoms with Gasteiger partial charge >= 0.3 is 5.97 Å². The predicted octanol–water partition coefficient (Wildman–Crippen LogP) is 7.34. The number of hydrogen-bond acceptors (Lipinski definition) is 5. The number of amides is 1. The van der Waals surface area contributed by atoms with E-state index in [-0.39, 0.29) is 18.1 Å². The van der Waals surface area contributed by atoms with Gasteiger partial charge in [-0.05, 0) is 110 Å². The maximum absolute atomic E-state index is 12.5. The highest BCUT2D eigenvalue weighted by atomic mass is 79.9. The van der Waals surface area contributed by atoms with E-state index in [1.807, 2.05) is 31.2 Å². The van der Waals surface area contributed by atoms with Crippen LogP contribution in [0.4, 0.5) is 5.69 Å². The summed E-state index contributed by atoms with van der Waals surface area (Å²) in [6, 6.07) is 15.7. The van der Waals surface area contributed by atoms with Crippen LogP contribution < -0.4 is 10.1 Å². The number of nitrogens with one attached hydrogen (secondary N) is 1. The lowest BCUT2D eigenvalue weighted by atomic mass is 10.1. The van der Waals surface area contributed by atoms with Crippen molar-refractivity contribution in [2.45, 2.75) is 13.5 Å². The lowest BCUT2D eigenvalue weighted by molar-refractivity contribution is -0.115. The second kappa shape index (κ2) is 11.0. The number of carboxylic acids is 1. The van der Waals surface area contributed by atoms with Gasteiger partial charge in [0.1, 0.15) is 12.4 Å². The molecule has 0 radical (unpaired) electrons. The van der Waals surface area contributed by atoms with E-state index >= 15 is 0 Å². The third-order valence-corrected chi connectivity index (χ3v) is 7.51. The summed E-state index contributed by atoms with van der Waals surface area (Å²) in [6.45, 7) is 2.14. The summed E-state index contributed by atoms with van der Waals surface area (Å²) in [7, 11) is 0. The molecule has 0 unspecified atom stereocenters. The second-order valence-corrected chi connectivity index (χ2v) is 10.6. The molecule has 0 aliphatic carbocycles. The van der Waals surface area contributed by atoms with Crippen molar-refractivity contribution in [1.29, 1.82) is 0 Å². The van der Waals surface area contributed by atoms with Gasteiger partial charge in [-0.3, -0.25) is 4.79 Å². The summed E-state index contributed by atoms with van der Waals surface area (Å²) in [5.74, 6) is -0.609. The molecule has 1 aliphatic heterocycles. The standard InChI is InChI=1S/C25H17Br2ClN2O4S/c1-13-19(28)3-2-4-20(13)29-25-30-23(31)21(35-25)11-15-9-17(26)22(18(27)10-15)34-12-14-5-7-16(8-6-14)24(32)33/h2-11H,12H2,1H3,(H,32,33)(H,29,30,31)/b21-11+. The van der Waals surface area contributed by atoms with Crippen LogP contribution in [0.3, 0.4) is 0 Å². The first-order valence-electron chi connectivity index (χ1n) is 10.2. The van der Waals surface area contributed by atoms with Crippen molar-refractivity contribution in [2.24, 2.45) is 4.99 Å². The number of benzene rings is 3. The van der Waals surface area contributed by atoms with Gasteiger partial charge in [-0.25, -0.2) is 9.79 Å². The molecule has 1 heterocycles. The minimum Gasteiger partial charge on any atom is -0.487 e. The summed E-state index contributed by atoms with van der Waals surface area (Å²) < 4.78 is 7.33. The molecule has 3 aromatic carbocycles. The van der Waals surface area contributed by atoms with Crippen molar-refractivity contribution in [3.63, 3.8) is 0 Å². The van der Waals surface area contributed by atoms with E-state index in [4.69, 9.17) is 21.4 Å². The average Bonchev–Trinajstić information content (AvgIpc) is 3.15. The lowest BCUT2D eigenvalue weighted by Gasteiger charge is -2.12. The van der Waals surface area contributed by atoms with Crippen molar-refractivity contribution in [3.05, 3.63) is 95.7 Å². The highest BCUT2D eigenvalue weighted by molar-refractivity contribution is 9.11. The van der Waals surface area contributed by atoms with Crippen molar-refractivity contribution < 1.29 is 19.4 Å². The summed E-state index contributed by atoms with van der Waals surface area (Å²) in [6.07, 6.45) is 1.78. The Morgan fingerprint density at radius 2 is 1.86 bits per heavy atom. The number of nitrogens with zero attached hydrogens (tertiary/aromatic N) is 1. The monoisotopic (exact) mass is 634 g/mol. The molecule has 3 aromatic rings. The molecular formula is C25H17Br2ClN2O4S. The minimum absolute atomic E-state index is 0.221. The fourth-order valence-electron chi connectivity index (χ4n) is 3.16. The van der Waals surface area contributed by atoms with Crippen LogP contribution in [-0.4, -0.2) is 22.2 Å². The number of aromatic carboxylic acids is 1. The van der Waals surface area contributed by atoms with Crippen LogP contribution in [-0.2, 0) is 11.4 Å². The Morgan fingerprint density at radius 3 is 2.51 bits per heavy atom. The Balaban J connectivity index is 1.49. The number of halogens is 3. The molecule has 4 rings (SSSR count). The first-order chi connectivity index (χ1) is 16.7. The highest BCUT2D eigenvalue weighted by Crippen LogP contribution is 2.37. The van der Waals surface area contributed by atoms with Crippen molar-refractivity contribution in [3.8, 4) is 5.75 Å². The van der Waals surface area contributed by atoms with Gasteiger partial charge in [0.15, 0.2) is 5.17 Å². The van der Waals surface area contributed by atoms with E-state index in [2.05, 4.69) is 42.2 Å². The molecule has 1 saturated heterocycles. The number of thioether (sulfide) groups is 1. The van der Waals surface area contributed by atoms with Gasteiger partial charge in [-0.1, -0.05) is 29.8 Å². The predicted molar refractivity (Wildman–Crippen MR) is 147 cm³/mol. The molecule has 1 amide bonds. The third-order valence-electron chi connectivity index (χ3n) is 5.01. The van der Waals surface area contributed by atoms with E-state index in [0.717, 1.165) is 16.7 Å². The number of carboxylic acid groups (broad SMARTS) is 1. The van der Waals surface area contributed by atoms with Gasteiger partial charge in [0, 0.05) is 5.02 Å². The smallest absolute Gasteiger partial charge is 0.335 e. The van der Waals surface area contributed by atoms with Crippen LogP contribution in [0.25, 0.3) is 6.08 Å². The van der Waals surface area contributed by atoms with Crippen LogP contribution in [0.5, 0.6) is 5.75 Å². The first-order valence-corrected chi connectivity index (χ1v) is 13.0. The molecule has 178 valence electrons.